The van der Waals surface area contributed by atoms with Gasteiger partial charge in [0.1, 0.15) is 5.76 Å². The molecule has 0 bridgehead atoms. The lowest BCUT2D eigenvalue weighted by molar-refractivity contribution is -0.115. The van der Waals surface area contributed by atoms with E-state index < -0.39 is 0 Å². The van der Waals surface area contributed by atoms with Crippen LogP contribution in [0.25, 0.3) is 6.08 Å². The Morgan fingerprint density at radius 3 is 2.67 bits per heavy atom. The molecule has 1 aliphatic rings. The summed E-state index contributed by atoms with van der Waals surface area (Å²) in [5, 5.41) is 12.4. The summed E-state index contributed by atoms with van der Waals surface area (Å²) in [4.78, 5) is 10.9. The van der Waals surface area contributed by atoms with Crippen molar-refractivity contribution in [1.82, 2.24) is 5.32 Å². The fourth-order valence-electron chi connectivity index (χ4n) is 1.29. The molecule has 1 aliphatic heterocycles. The molecule has 2 rings (SSSR count). The normalized spacial score (nSPS) is 17.8. The molecule has 4 heteroatoms. The molecule has 0 unspecified atom stereocenters. The zero-order chi connectivity index (χ0) is 10.8. The Morgan fingerprint density at radius 2 is 2.07 bits per heavy atom. The second kappa shape index (κ2) is 3.79. The van der Waals surface area contributed by atoms with Crippen LogP contribution in [0.1, 0.15) is 5.56 Å². The molecule has 1 aromatic rings. The Hall–Kier alpha value is -1.74. The van der Waals surface area contributed by atoms with E-state index in [4.69, 9.17) is 11.6 Å². The first kappa shape index (κ1) is 9.80. The number of benzene rings is 1. The van der Waals surface area contributed by atoms with Gasteiger partial charge in [0.25, 0.3) is 5.91 Å². The van der Waals surface area contributed by atoms with E-state index in [9.17, 15) is 9.90 Å². The molecule has 0 fully saturated rings. The Balaban J connectivity index is 2.37. The molecule has 1 amide bonds. The van der Waals surface area contributed by atoms with Crippen LogP contribution in [-0.4, -0.2) is 11.0 Å². The smallest absolute Gasteiger partial charge is 0.252 e. The van der Waals surface area contributed by atoms with E-state index in [0.717, 1.165) is 11.6 Å². The lowest BCUT2D eigenvalue weighted by atomic mass is 10.2. The average molecular weight is 222 g/mol. The Labute approximate surface area is 91.7 Å². The minimum atomic E-state index is -0.328. The molecule has 1 aromatic carbocycles. The average Bonchev–Trinajstić information content (AvgIpc) is 2.49. The predicted molar refractivity (Wildman–Crippen MR) is 58.3 cm³/mol. The van der Waals surface area contributed by atoms with Crippen LogP contribution < -0.4 is 5.32 Å². The molecule has 2 N–H and O–H groups in total. The highest BCUT2D eigenvalue weighted by Crippen LogP contribution is 2.20. The van der Waals surface area contributed by atoms with Crippen LogP contribution in [0, 0.1) is 0 Å². The van der Waals surface area contributed by atoms with Crippen molar-refractivity contribution in [2.45, 2.75) is 0 Å². The minimum absolute atomic E-state index is 0.0695. The largest absolute Gasteiger partial charge is 0.506 e. The number of carbonyl (C=O) groups is 1. The number of aliphatic hydroxyl groups excluding tert-OH is 1. The summed E-state index contributed by atoms with van der Waals surface area (Å²) in [6.45, 7) is 0. The highest BCUT2D eigenvalue weighted by molar-refractivity contribution is 6.32. The van der Waals surface area contributed by atoms with Gasteiger partial charge in [-0.05, 0) is 17.7 Å². The molecular formula is C11H8ClNO2. The van der Waals surface area contributed by atoms with Gasteiger partial charge in [-0.2, -0.15) is 0 Å². The van der Waals surface area contributed by atoms with Gasteiger partial charge in [0, 0.05) is 11.1 Å². The van der Waals surface area contributed by atoms with Crippen LogP contribution in [0.4, 0.5) is 0 Å². The Kier molecular flexibility index (Phi) is 2.47. The van der Waals surface area contributed by atoms with Gasteiger partial charge in [-0.1, -0.05) is 29.8 Å². The highest BCUT2D eigenvalue weighted by atomic mass is 35.5. The van der Waals surface area contributed by atoms with Crippen molar-refractivity contribution in [2.24, 2.45) is 0 Å². The van der Waals surface area contributed by atoms with Crippen molar-refractivity contribution >= 4 is 23.6 Å². The van der Waals surface area contributed by atoms with Crippen molar-refractivity contribution in [3.05, 3.63) is 52.4 Å². The van der Waals surface area contributed by atoms with Gasteiger partial charge in [-0.15, -0.1) is 0 Å². The molecule has 0 aliphatic carbocycles. The van der Waals surface area contributed by atoms with Gasteiger partial charge in [-0.25, -0.2) is 0 Å². The van der Waals surface area contributed by atoms with E-state index in [1.165, 1.54) is 0 Å². The third kappa shape index (κ3) is 2.02. The first-order valence-electron chi connectivity index (χ1n) is 4.35. The van der Waals surface area contributed by atoms with Crippen molar-refractivity contribution in [1.29, 1.82) is 0 Å². The lowest BCUT2D eigenvalue weighted by Gasteiger charge is -2.01. The van der Waals surface area contributed by atoms with Gasteiger partial charge < -0.3 is 10.4 Å². The van der Waals surface area contributed by atoms with E-state index in [0.29, 0.717) is 10.7 Å². The molecule has 0 saturated heterocycles. The first-order valence-corrected chi connectivity index (χ1v) is 4.73. The second-order valence-corrected chi connectivity index (χ2v) is 3.51. The van der Waals surface area contributed by atoms with E-state index in [2.05, 4.69) is 5.32 Å². The van der Waals surface area contributed by atoms with Gasteiger partial charge in [-0.3, -0.25) is 4.79 Å². The molecule has 0 radical (unpaired) electrons. The number of nitrogens with one attached hydrogen (secondary N) is 1. The molecule has 15 heavy (non-hydrogen) atoms. The second-order valence-electron chi connectivity index (χ2n) is 3.10. The lowest BCUT2D eigenvalue weighted by Crippen LogP contribution is -2.13. The molecule has 1 heterocycles. The van der Waals surface area contributed by atoms with E-state index in [-0.39, 0.29) is 11.7 Å². The third-order valence-electron chi connectivity index (χ3n) is 2.01. The monoisotopic (exact) mass is 221 g/mol. The summed E-state index contributed by atoms with van der Waals surface area (Å²) in [5.41, 5.74) is 1.12. The van der Waals surface area contributed by atoms with Crippen molar-refractivity contribution in [2.75, 3.05) is 0 Å². The summed E-state index contributed by atoms with van der Waals surface area (Å²) in [6, 6.07) is 7.18. The summed E-state index contributed by atoms with van der Waals surface area (Å²) in [5.74, 6) is -0.397. The van der Waals surface area contributed by atoms with E-state index in [1.807, 2.05) is 12.1 Å². The summed E-state index contributed by atoms with van der Waals surface area (Å²) >= 11 is 5.93. The molecule has 0 saturated carbocycles. The summed E-state index contributed by atoms with van der Waals surface area (Å²) in [6.07, 6.45) is 2.75. The summed E-state index contributed by atoms with van der Waals surface area (Å²) < 4.78 is 0. The van der Waals surface area contributed by atoms with E-state index >= 15 is 0 Å². The number of hydrogen-bond acceptors (Lipinski definition) is 2. The van der Waals surface area contributed by atoms with Gasteiger partial charge in [0.15, 0.2) is 0 Å². The quantitative estimate of drug-likeness (QED) is 0.764. The standard InChI is InChI=1S/C11H8ClNO2/c12-8-4-2-1-3-7(8)5-9-10(14)6-11(15)13-9/h1-6,14H,(H,13,15)/b9-5-. The molecule has 76 valence electrons. The fraction of sp³-hybridized carbons (Fsp3) is 0. The van der Waals surface area contributed by atoms with Gasteiger partial charge >= 0.3 is 0 Å². The zero-order valence-corrected chi connectivity index (χ0v) is 8.45. The van der Waals surface area contributed by atoms with Crippen LogP contribution in [-0.2, 0) is 4.79 Å². The number of halogens is 1. The molecule has 0 aromatic heterocycles. The minimum Gasteiger partial charge on any atom is -0.506 e. The van der Waals surface area contributed by atoms with Crippen molar-refractivity contribution < 1.29 is 9.90 Å². The number of hydrogen-bond donors (Lipinski definition) is 2. The van der Waals surface area contributed by atoms with E-state index in [1.54, 1.807) is 18.2 Å². The summed E-state index contributed by atoms with van der Waals surface area (Å²) in [7, 11) is 0. The van der Waals surface area contributed by atoms with Crippen LogP contribution in [0.2, 0.25) is 5.02 Å². The SMILES string of the molecule is O=C1C=C(O)/C(=C/c2ccccc2Cl)N1. The molecule has 0 atom stereocenters. The van der Waals surface area contributed by atoms with Gasteiger partial charge in [0.05, 0.1) is 5.70 Å². The van der Waals surface area contributed by atoms with Gasteiger partial charge in [0.2, 0.25) is 0 Å². The Morgan fingerprint density at radius 1 is 1.33 bits per heavy atom. The van der Waals surface area contributed by atoms with Crippen LogP contribution >= 0.6 is 11.6 Å². The molecule has 0 spiro atoms. The van der Waals surface area contributed by atoms with Crippen molar-refractivity contribution in [3.63, 3.8) is 0 Å². The van der Waals surface area contributed by atoms with Crippen molar-refractivity contribution in [3.8, 4) is 0 Å². The maximum absolute atomic E-state index is 10.9. The van der Waals surface area contributed by atoms with Crippen LogP contribution in [0.5, 0.6) is 0 Å². The first-order chi connectivity index (χ1) is 7.16. The predicted octanol–water partition coefficient (Wildman–Crippen LogP) is 2.25. The molecule has 3 nitrogen and oxygen atoms in total. The maximum Gasteiger partial charge on any atom is 0.252 e. The topological polar surface area (TPSA) is 49.3 Å². The molecular weight excluding hydrogens is 214 g/mol. The highest BCUT2D eigenvalue weighted by Gasteiger charge is 2.16. The zero-order valence-electron chi connectivity index (χ0n) is 7.70. The third-order valence-corrected chi connectivity index (χ3v) is 2.35. The number of carbonyl (C=O) groups excluding carboxylic acids is 1. The van der Waals surface area contributed by atoms with Crippen LogP contribution in [0.15, 0.2) is 41.8 Å². The maximum atomic E-state index is 10.9. The van der Waals surface area contributed by atoms with Crippen LogP contribution in [0.3, 0.4) is 0 Å². The Bertz CT molecular complexity index is 477. The number of aliphatic hydroxyl groups is 1. The fourth-order valence-corrected chi connectivity index (χ4v) is 1.48. The number of rotatable bonds is 1. The number of amides is 1.